The first-order chi connectivity index (χ1) is 8.24. The number of imidazole rings is 1. The molecule has 3 nitrogen and oxygen atoms in total. The summed E-state index contributed by atoms with van der Waals surface area (Å²) in [6.45, 7) is 2.26. The molecule has 0 atom stereocenters. The number of hydrogen-bond donors (Lipinski definition) is 2. The number of aliphatic hydroxyl groups excluding tert-OH is 1. The Hall–Kier alpha value is -1.13. The Balaban J connectivity index is 2.29. The van der Waals surface area contributed by atoms with Gasteiger partial charge in [0.05, 0.1) is 5.69 Å². The average Bonchev–Trinajstić information content (AvgIpc) is 2.72. The van der Waals surface area contributed by atoms with Crippen molar-refractivity contribution < 1.29 is 5.11 Å². The lowest BCUT2D eigenvalue weighted by Gasteiger charge is -1.99. The van der Waals surface area contributed by atoms with Gasteiger partial charge in [-0.15, -0.1) is 0 Å². The summed E-state index contributed by atoms with van der Waals surface area (Å²) < 4.78 is 0.779. The number of aliphatic hydroxyl groups is 1. The molecule has 90 valence electrons. The first kappa shape index (κ1) is 12.3. The van der Waals surface area contributed by atoms with E-state index in [-0.39, 0.29) is 6.61 Å². The van der Waals surface area contributed by atoms with E-state index in [0.29, 0.717) is 6.42 Å². The third kappa shape index (κ3) is 2.76. The van der Waals surface area contributed by atoms with E-state index in [1.54, 1.807) is 0 Å². The SMILES string of the molecule is CCc1ccc(-c2nc(Br)c(CCO)[nH]2)cc1. The van der Waals surface area contributed by atoms with Gasteiger partial charge in [-0.1, -0.05) is 31.2 Å². The summed E-state index contributed by atoms with van der Waals surface area (Å²) >= 11 is 3.39. The monoisotopic (exact) mass is 294 g/mol. The normalized spacial score (nSPS) is 10.8. The summed E-state index contributed by atoms with van der Waals surface area (Å²) in [5, 5.41) is 8.92. The highest BCUT2D eigenvalue weighted by Crippen LogP contribution is 2.22. The molecule has 0 aliphatic rings. The highest BCUT2D eigenvalue weighted by molar-refractivity contribution is 9.10. The second-order valence-corrected chi connectivity index (χ2v) is 4.63. The predicted octanol–water partition coefficient (Wildman–Crippen LogP) is 2.94. The van der Waals surface area contributed by atoms with Crippen molar-refractivity contribution in [3.63, 3.8) is 0 Å². The van der Waals surface area contributed by atoms with Crippen molar-refractivity contribution >= 4 is 15.9 Å². The topological polar surface area (TPSA) is 48.9 Å². The van der Waals surface area contributed by atoms with Crippen molar-refractivity contribution in [3.8, 4) is 11.4 Å². The molecule has 2 N–H and O–H groups in total. The molecule has 2 aromatic rings. The maximum absolute atomic E-state index is 8.92. The maximum atomic E-state index is 8.92. The van der Waals surface area contributed by atoms with Crippen LogP contribution in [0.5, 0.6) is 0 Å². The van der Waals surface area contributed by atoms with E-state index in [0.717, 1.165) is 28.1 Å². The van der Waals surface area contributed by atoms with Gasteiger partial charge in [0.25, 0.3) is 0 Å². The minimum absolute atomic E-state index is 0.120. The maximum Gasteiger partial charge on any atom is 0.138 e. The predicted molar refractivity (Wildman–Crippen MR) is 71.9 cm³/mol. The lowest BCUT2D eigenvalue weighted by molar-refractivity contribution is 0.298. The van der Waals surface area contributed by atoms with Crippen LogP contribution in [0.3, 0.4) is 0 Å². The Labute approximate surface area is 109 Å². The minimum Gasteiger partial charge on any atom is -0.396 e. The van der Waals surface area contributed by atoms with Crippen LogP contribution in [0, 0.1) is 0 Å². The summed E-state index contributed by atoms with van der Waals surface area (Å²) in [5.41, 5.74) is 3.31. The first-order valence-corrected chi connectivity index (χ1v) is 6.48. The van der Waals surface area contributed by atoms with Crippen LogP contribution in [-0.2, 0) is 12.8 Å². The molecule has 0 spiro atoms. The zero-order valence-corrected chi connectivity index (χ0v) is 11.3. The van der Waals surface area contributed by atoms with E-state index < -0.39 is 0 Å². The Morgan fingerprint density at radius 2 is 2.00 bits per heavy atom. The number of aromatic nitrogens is 2. The number of hydrogen-bond acceptors (Lipinski definition) is 2. The van der Waals surface area contributed by atoms with Gasteiger partial charge in [-0.05, 0) is 27.9 Å². The molecule has 2 rings (SSSR count). The fraction of sp³-hybridized carbons (Fsp3) is 0.308. The number of benzene rings is 1. The van der Waals surface area contributed by atoms with E-state index in [1.165, 1.54) is 5.56 Å². The zero-order valence-electron chi connectivity index (χ0n) is 9.70. The fourth-order valence-corrected chi connectivity index (χ4v) is 2.18. The van der Waals surface area contributed by atoms with Crippen molar-refractivity contribution in [2.45, 2.75) is 19.8 Å². The molecule has 1 aromatic heterocycles. The molecule has 0 radical (unpaired) electrons. The van der Waals surface area contributed by atoms with Crippen molar-refractivity contribution in [3.05, 3.63) is 40.1 Å². The molecule has 0 aliphatic heterocycles. The fourth-order valence-electron chi connectivity index (χ4n) is 1.70. The van der Waals surface area contributed by atoms with Crippen LogP contribution in [0.15, 0.2) is 28.9 Å². The van der Waals surface area contributed by atoms with Crippen LogP contribution in [0.1, 0.15) is 18.2 Å². The zero-order chi connectivity index (χ0) is 12.3. The molecule has 1 heterocycles. The van der Waals surface area contributed by atoms with Gasteiger partial charge in [-0.25, -0.2) is 4.98 Å². The number of aryl methyl sites for hydroxylation is 1. The lowest BCUT2D eigenvalue weighted by Crippen LogP contribution is -1.91. The van der Waals surface area contributed by atoms with Gasteiger partial charge in [-0.3, -0.25) is 0 Å². The molecular formula is C13H15BrN2O. The largest absolute Gasteiger partial charge is 0.396 e. The van der Waals surface area contributed by atoms with Gasteiger partial charge in [0.2, 0.25) is 0 Å². The van der Waals surface area contributed by atoms with Crippen molar-refractivity contribution in [1.82, 2.24) is 9.97 Å². The number of aromatic amines is 1. The Morgan fingerprint density at radius 1 is 1.29 bits per heavy atom. The van der Waals surface area contributed by atoms with E-state index in [2.05, 4.69) is 57.1 Å². The Morgan fingerprint density at radius 3 is 2.59 bits per heavy atom. The Bertz CT molecular complexity index is 491. The highest BCUT2D eigenvalue weighted by Gasteiger charge is 2.08. The molecular weight excluding hydrogens is 280 g/mol. The third-order valence-electron chi connectivity index (χ3n) is 2.73. The molecule has 0 amide bonds. The van der Waals surface area contributed by atoms with Crippen LogP contribution in [0.4, 0.5) is 0 Å². The van der Waals surface area contributed by atoms with Crippen LogP contribution in [-0.4, -0.2) is 21.7 Å². The van der Waals surface area contributed by atoms with Crippen molar-refractivity contribution in [1.29, 1.82) is 0 Å². The van der Waals surface area contributed by atoms with E-state index in [9.17, 15) is 0 Å². The summed E-state index contributed by atoms with van der Waals surface area (Å²) in [6, 6.07) is 8.34. The van der Waals surface area contributed by atoms with E-state index in [1.807, 2.05) is 0 Å². The van der Waals surface area contributed by atoms with Gasteiger partial charge in [0.1, 0.15) is 10.4 Å². The summed E-state index contributed by atoms with van der Waals surface area (Å²) in [7, 11) is 0. The molecule has 0 bridgehead atoms. The van der Waals surface area contributed by atoms with Crippen molar-refractivity contribution in [2.75, 3.05) is 6.61 Å². The second-order valence-electron chi connectivity index (χ2n) is 3.88. The van der Waals surface area contributed by atoms with Gasteiger partial charge in [0.15, 0.2) is 0 Å². The summed E-state index contributed by atoms with van der Waals surface area (Å²) in [5.74, 6) is 0.836. The van der Waals surface area contributed by atoms with Crippen molar-refractivity contribution in [2.24, 2.45) is 0 Å². The summed E-state index contributed by atoms with van der Waals surface area (Å²) in [4.78, 5) is 7.62. The number of nitrogens with one attached hydrogen (secondary N) is 1. The minimum atomic E-state index is 0.120. The van der Waals surface area contributed by atoms with Crippen LogP contribution < -0.4 is 0 Å². The van der Waals surface area contributed by atoms with Crippen LogP contribution in [0.2, 0.25) is 0 Å². The quantitative estimate of drug-likeness (QED) is 0.911. The number of H-pyrrole nitrogens is 1. The number of halogens is 1. The van der Waals surface area contributed by atoms with Crippen LogP contribution in [0.25, 0.3) is 11.4 Å². The van der Waals surface area contributed by atoms with E-state index >= 15 is 0 Å². The number of rotatable bonds is 4. The smallest absolute Gasteiger partial charge is 0.138 e. The highest BCUT2D eigenvalue weighted by atomic mass is 79.9. The molecule has 4 heteroatoms. The van der Waals surface area contributed by atoms with Gasteiger partial charge in [-0.2, -0.15) is 0 Å². The molecule has 0 saturated carbocycles. The van der Waals surface area contributed by atoms with Gasteiger partial charge in [0, 0.05) is 18.6 Å². The lowest BCUT2D eigenvalue weighted by atomic mass is 10.1. The molecule has 1 aromatic carbocycles. The van der Waals surface area contributed by atoms with E-state index in [4.69, 9.17) is 5.11 Å². The van der Waals surface area contributed by atoms with Gasteiger partial charge >= 0.3 is 0 Å². The second kappa shape index (κ2) is 5.47. The molecule has 0 unspecified atom stereocenters. The summed E-state index contributed by atoms with van der Waals surface area (Å²) in [6.07, 6.45) is 1.62. The molecule has 0 fully saturated rings. The standard InChI is InChI=1S/C13H15BrN2O/c1-2-9-3-5-10(6-4-9)13-15-11(7-8-17)12(14)16-13/h3-6,17H,2,7-8H2,1H3,(H,15,16). The van der Waals surface area contributed by atoms with Crippen LogP contribution >= 0.6 is 15.9 Å². The van der Waals surface area contributed by atoms with Gasteiger partial charge < -0.3 is 10.1 Å². The molecule has 17 heavy (non-hydrogen) atoms. The third-order valence-corrected chi connectivity index (χ3v) is 3.38. The average molecular weight is 295 g/mol. The number of nitrogens with zero attached hydrogens (tertiary/aromatic N) is 1. The first-order valence-electron chi connectivity index (χ1n) is 5.69. The molecule has 0 aliphatic carbocycles. The molecule has 0 saturated heterocycles. The Kier molecular flexibility index (Phi) is 3.97.